The number of esters is 1. The Hall–Kier alpha value is -1.88. The lowest BCUT2D eigenvalue weighted by atomic mass is 10.1. The molecule has 0 aliphatic carbocycles. The van der Waals surface area contributed by atoms with Gasteiger partial charge in [0.1, 0.15) is 0 Å². The molecule has 2 rings (SSSR count). The van der Waals surface area contributed by atoms with Gasteiger partial charge < -0.3 is 14.4 Å². The number of hydrogen-bond donors (Lipinski definition) is 0. The summed E-state index contributed by atoms with van der Waals surface area (Å²) in [5.74, 6) is -0.338. The second-order valence-electron chi connectivity index (χ2n) is 5.81. The zero-order valence-corrected chi connectivity index (χ0v) is 13.9. The van der Waals surface area contributed by atoms with Crippen molar-refractivity contribution in [2.75, 3.05) is 26.3 Å². The highest BCUT2D eigenvalue weighted by Gasteiger charge is 2.24. The molecule has 0 aromatic heterocycles. The number of nitrogens with zero attached hydrogens (tertiary/aromatic N) is 1. The zero-order valence-electron chi connectivity index (χ0n) is 13.9. The highest BCUT2D eigenvalue weighted by atomic mass is 16.5. The summed E-state index contributed by atoms with van der Waals surface area (Å²) < 4.78 is 10.6. The number of amides is 1. The van der Waals surface area contributed by atoms with Gasteiger partial charge in [-0.05, 0) is 38.8 Å². The first-order valence-corrected chi connectivity index (χ1v) is 8.23. The van der Waals surface area contributed by atoms with Gasteiger partial charge in [-0.2, -0.15) is 0 Å². The topological polar surface area (TPSA) is 55.8 Å². The van der Waals surface area contributed by atoms with Crippen molar-refractivity contribution in [1.82, 2.24) is 4.90 Å². The third-order valence-corrected chi connectivity index (χ3v) is 3.89. The fraction of sp³-hybridized carbons (Fsp3) is 0.556. The first-order valence-electron chi connectivity index (χ1n) is 8.23. The predicted molar refractivity (Wildman–Crippen MR) is 87.3 cm³/mol. The highest BCUT2D eigenvalue weighted by Crippen LogP contribution is 2.16. The van der Waals surface area contributed by atoms with Crippen LogP contribution in [0.5, 0.6) is 0 Å². The Kier molecular flexibility index (Phi) is 6.59. The second-order valence-corrected chi connectivity index (χ2v) is 5.81. The molecule has 5 heteroatoms. The van der Waals surface area contributed by atoms with Crippen LogP contribution in [-0.4, -0.2) is 49.2 Å². The lowest BCUT2D eigenvalue weighted by Crippen LogP contribution is -2.39. The predicted octanol–water partition coefficient (Wildman–Crippen LogP) is 2.57. The van der Waals surface area contributed by atoms with Gasteiger partial charge in [0.25, 0.3) is 5.91 Å². The molecule has 1 fully saturated rings. The Balaban J connectivity index is 2.04. The molecule has 23 heavy (non-hydrogen) atoms. The minimum atomic E-state index is -0.276. The molecule has 1 amide bonds. The molecule has 1 aliphatic rings. The van der Waals surface area contributed by atoms with Crippen LogP contribution in [0.1, 0.15) is 42.1 Å². The molecule has 126 valence electrons. The lowest BCUT2D eigenvalue weighted by Gasteiger charge is -2.25. The van der Waals surface area contributed by atoms with Crippen molar-refractivity contribution >= 4 is 11.9 Å². The maximum absolute atomic E-state index is 12.8. The minimum absolute atomic E-state index is 0.0611. The number of carbonyl (C=O) groups is 2. The molecule has 1 atom stereocenters. The average molecular weight is 319 g/mol. The molecule has 1 aromatic rings. The van der Waals surface area contributed by atoms with Gasteiger partial charge >= 0.3 is 5.97 Å². The maximum atomic E-state index is 12.8. The van der Waals surface area contributed by atoms with Crippen molar-refractivity contribution in [3.63, 3.8) is 0 Å². The van der Waals surface area contributed by atoms with Crippen LogP contribution in [0.4, 0.5) is 0 Å². The number of rotatable bonds is 7. The summed E-state index contributed by atoms with van der Waals surface area (Å²) in [4.78, 5) is 26.1. The largest absolute Gasteiger partial charge is 0.466 e. The number of hydrogen-bond acceptors (Lipinski definition) is 4. The normalized spacial score (nSPS) is 17.0. The van der Waals surface area contributed by atoms with Crippen LogP contribution in [0.25, 0.3) is 0 Å². The molecule has 1 aliphatic heterocycles. The fourth-order valence-electron chi connectivity index (χ4n) is 2.73. The van der Waals surface area contributed by atoms with Crippen LogP contribution in [0.3, 0.4) is 0 Å². The van der Waals surface area contributed by atoms with Gasteiger partial charge in [0, 0.05) is 25.3 Å². The van der Waals surface area contributed by atoms with E-state index < -0.39 is 0 Å². The molecule has 0 N–H and O–H groups in total. The number of ether oxygens (including phenoxy) is 2. The number of benzene rings is 1. The van der Waals surface area contributed by atoms with Crippen molar-refractivity contribution in [2.45, 2.75) is 39.2 Å². The van der Waals surface area contributed by atoms with Gasteiger partial charge in [-0.25, -0.2) is 0 Å². The van der Waals surface area contributed by atoms with Crippen molar-refractivity contribution < 1.29 is 19.1 Å². The van der Waals surface area contributed by atoms with Crippen LogP contribution in [0, 0.1) is 6.92 Å². The minimum Gasteiger partial charge on any atom is -0.466 e. The van der Waals surface area contributed by atoms with E-state index in [4.69, 9.17) is 9.47 Å². The lowest BCUT2D eigenvalue weighted by molar-refractivity contribution is -0.143. The summed E-state index contributed by atoms with van der Waals surface area (Å²) in [5.41, 5.74) is 1.69. The third kappa shape index (κ3) is 5.36. The number of carbonyl (C=O) groups excluding carboxylic acids is 2. The molecule has 1 heterocycles. The average Bonchev–Trinajstić information content (AvgIpc) is 3.04. The van der Waals surface area contributed by atoms with Crippen molar-refractivity contribution in [2.24, 2.45) is 0 Å². The van der Waals surface area contributed by atoms with Gasteiger partial charge in [-0.1, -0.05) is 17.7 Å². The van der Waals surface area contributed by atoms with E-state index in [0.717, 1.165) is 25.0 Å². The van der Waals surface area contributed by atoms with Crippen LogP contribution in [0.15, 0.2) is 24.3 Å². The Morgan fingerprint density at radius 2 is 2.22 bits per heavy atom. The molecule has 1 aromatic carbocycles. The molecule has 5 nitrogen and oxygen atoms in total. The highest BCUT2D eigenvalue weighted by molar-refractivity contribution is 5.94. The van der Waals surface area contributed by atoms with Crippen molar-refractivity contribution in [3.8, 4) is 0 Å². The summed E-state index contributed by atoms with van der Waals surface area (Å²) in [7, 11) is 0. The molecule has 0 saturated carbocycles. The van der Waals surface area contributed by atoms with Gasteiger partial charge in [0.2, 0.25) is 0 Å². The summed E-state index contributed by atoms with van der Waals surface area (Å²) in [6.45, 7) is 5.71. The van der Waals surface area contributed by atoms with Crippen molar-refractivity contribution in [1.29, 1.82) is 0 Å². The van der Waals surface area contributed by atoms with Crippen molar-refractivity contribution in [3.05, 3.63) is 35.4 Å². The Labute approximate surface area is 137 Å². The van der Waals surface area contributed by atoms with E-state index in [1.54, 1.807) is 11.8 Å². The molecular weight excluding hydrogens is 294 g/mol. The molecule has 0 radical (unpaired) electrons. The Morgan fingerprint density at radius 1 is 1.39 bits per heavy atom. The molecule has 1 saturated heterocycles. The molecular formula is C18H25NO4. The molecule has 0 bridgehead atoms. The van der Waals surface area contributed by atoms with Crippen LogP contribution >= 0.6 is 0 Å². The summed E-state index contributed by atoms with van der Waals surface area (Å²) in [6, 6.07) is 7.51. The molecule has 0 spiro atoms. The summed E-state index contributed by atoms with van der Waals surface area (Å²) in [5, 5.41) is 0. The quantitative estimate of drug-likeness (QED) is 0.725. The summed E-state index contributed by atoms with van der Waals surface area (Å²) in [6.07, 6.45) is 2.25. The van der Waals surface area contributed by atoms with E-state index in [2.05, 4.69) is 0 Å². The van der Waals surface area contributed by atoms with Crippen LogP contribution < -0.4 is 0 Å². The second kappa shape index (κ2) is 8.67. The fourth-order valence-corrected chi connectivity index (χ4v) is 2.73. The van der Waals surface area contributed by atoms with E-state index in [1.807, 2.05) is 31.2 Å². The van der Waals surface area contributed by atoms with E-state index in [0.29, 0.717) is 25.3 Å². The van der Waals surface area contributed by atoms with Gasteiger partial charge in [-0.15, -0.1) is 0 Å². The number of aryl methyl sites for hydroxylation is 1. The Bertz CT molecular complexity index is 538. The third-order valence-electron chi connectivity index (χ3n) is 3.89. The van der Waals surface area contributed by atoms with Gasteiger partial charge in [0.15, 0.2) is 0 Å². The van der Waals surface area contributed by atoms with Crippen LogP contribution in [-0.2, 0) is 14.3 Å². The first-order chi connectivity index (χ1) is 11.1. The summed E-state index contributed by atoms with van der Waals surface area (Å²) >= 11 is 0. The SMILES string of the molecule is CCOC(=O)CCN(CC1CCCO1)C(=O)c1cccc(C)c1. The van der Waals surface area contributed by atoms with Gasteiger partial charge in [0.05, 0.1) is 19.1 Å². The van der Waals surface area contributed by atoms with Gasteiger partial charge in [-0.3, -0.25) is 9.59 Å². The van der Waals surface area contributed by atoms with E-state index in [1.165, 1.54) is 0 Å². The van der Waals surface area contributed by atoms with Crippen LogP contribution in [0.2, 0.25) is 0 Å². The maximum Gasteiger partial charge on any atom is 0.307 e. The van der Waals surface area contributed by atoms with E-state index >= 15 is 0 Å². The van der Waals surface area contributed by atoms with E-state index in [-0.39, 0.29) is 24.4 Å². The molecule has 1 unspecified atom stereocenters. The Morgan fingerprint density at radius 3 is 2.87 bits per heavy atom. The smallest absolute Gasteiger partial charge is 0.307 e. The zero-order chi connectivity index (χ0) is 16.7. The van der Waals surface area contributed by atoms with E-state index in [9.17, 15) is 9.59 Å². The monoisotopic (exact) mass is 319 g/mol. The standard InChI is InChI=1S/C18H25NO4/c1-3-22-17(20)9-10-19(13-16-8-5-11-23-16)18(21)15-7-4-6-14(2)12-15/h4,6-7,12,16H,3,5,8-11,13H2,1-2H3. The first kappa shape index (κ1) is 17.5.